The van der Waals surface area contributed by atoms with E-state index in [4.69, 9.17) is 4.74 Å². The highest BCUT2D eigenvalue weighted by atomic mass is 16.5. The maximum Gasteiger partial charge on any atom is 0.288 e. The molecule has 2 amide bonds. The molecular weight excluding hydrogens is 418 g/mol. The van der Waals surface area contributed by atoms with Crippen LogP contribution in [0.2, 0.25) is 0 Å². The van der Waals surface area contributed by atoms with Gasteiger partial charge in [-0.25, -0.2) is 5.01 Å². The van der Waals surface area contributed by atoms with Gasteiger partial charge in [-0.15, -0.1) is 0 Å². The number of morpholine rings is 1. The Bertz CT molecular complexity index is 1010. The third kappa shape index (κ3) is 5.97. The first-order valence-electron chi connectivity index (χ1n) is 11.3. The molecule has 33 heavy (non-hydrogen) atoms. The molecule has 2 aromatic rings. The number of amides is 2. The van der Waals surface area contributed by atoms with Crippen LogP contribution in [0.4, 0.5) is 5.69 Å². The van der Waals surface area contributed by atoms with Crippen molar-refractivity contribution < 1.29 is 14.3 Å². The summed E-state index contributed by atoms with van der Waals surface area (Å²) < 4.78 is 5.80. The van der Waals surface area contributed by atoms with E-state index in [1.165, 1.54) is 10.6 Å². The van der Waals surface area contributed by atoms with Crippen LogP contribution in [0.5, 0.6) is 0 Å². The fraction of sp³-hybridized carbons (Fsp3) is 0.400. The number of hydrazine groups is 1. The standard InChI is InChI=1S/C25H31N5O3/c1-17-4-10-22(11-5-17)30-23(31)13-26-24(28-30)25(32)27-12-20-6-8-21(9-7-20)16-29-14-18(2)33-19(3)15-29/h4-11,18-19H,12-16H2,1-3H3,(H,26,28)(H,27,32)/t18-,19+. The summed E-state index contributed by atoms with van der Waals surface area (Å²) in [5, 5.41) is 4.24. The molecule has 8 heteroatoms. The molecule has 0 radical (unpaired) electrons. The fourth-order valence-electron chi connectivity index (χ4n) is 4.15. The Kier molecular flexibility index (Phi) is 7.05. The largest absolute Gasteiger partial charge is 0.373 e. The highest BCUT2D eigenvalue weighted by Crippen LogP contribution is 2.16. The SMILES string of the molecule is Cc1ccc(N2NC(C(=O)NCc3ccc(CN4C[C@@H](C)O[C@@H](C)C4)cc3)=NCC2=O)cc1. The highest BCUT2D eigenvalue weighted by Gasteiger charge is 2.25. The van der Waals surface area contributed by atoms with Crippen LogP contribution in [0, 0.1) is 6.92 Å². The van der Waals surface area contributed by atoms with Crippen molar-refractivity contribution in [3.05, 3.63) is 65.2 Å². The van der Waals surface area contributed by atoms with Crippen molar-refractivity contribution in [1.82, 2.24) is 15.6 Å². The Morgan fingerprint density at radius 2 is 1.70 bits per heavy atom. The van der Waals surface area contributed by atoms with Crippen molar-refractivity contribution in [2.45, 2.75) is 46.1 Å². The minimum atomic E-state index is -0.347. The van der Waals surface area contributed by atoms with E-state index in [0.717, 1.165) is 30.8 Å². The smallest absolute Gasteiger partial charge is 0.288 e. The molecule has 0 saturated carbocycles. The van der Waals surface area contributed by atoms with Crippen LogP contribution in [0.3, 0.4) is 0 Å². The van der Waals surface area contributed by atoms with Crippen molar-refractivity contribution >= 4 is 23.3 Å². The van der Waals surface area contributed by atoms with Crippen LogP contribution in [0.1, 0.15) is 30.5 Å². The van der Waals surface area contributed by atoms with Gasteiger partial charge in [-0.05, 0) is 44.0 Å². The molecule has 0 spiro atoms. The van der Waals surface area contributed by atoms with Gasteiger partial charge in [0.05, 0.1) is 17.9 Å². The van der Waals surface area contributed by atoms with Gasteiger partial charge in [0, 0.05) is 26.2 Å². The Labute approximate surface area is 194 Å². The zero-order chi connectivity index (χ0) is 23.4. The third-order valence-corrected chi connectivity index (χ3v) is 5.72. The van der Waals surface area contributed by atoms with E-state index < -0.39 is 0 Å². The normalized spacial score (nSPS) is 21.4. The molecule has 0 bridgehead atoms. The van der Waals surface area contributed by atoms with Gasteiger partial charge in [-0.1, -0.05) is 42.0 Å². The van der Waals surface area contributed by atoms with E-state index in [0.29, 0.717) is 12.2 Å². The van der Waals surface area contributed by atoms with E-state index in [-0.39, 0.29) is 36.4 Å². The number of nitrogens with zero attached hydrogens (tertiary/aromatic N) is 3. The lowest BCUT2D eigenvalue weighted by molar-refractivity contribution is -0.118. The summed E-state index contributed by atoms with van der Waals surface area (Å²) in [7, 11) is 0. The molecule has 4 rings (SSSR count). The number of benzene rings is 2. The minimum absolute atomic E-state index is 0.0723. The van der Waals surface area contributed by atoms with Gasteiger partial charge in [0.25, 0.3) is 11.8 Å². The van der Waals surface area contributed by atoms with Crippen molar-refractivity contribution in [3.63, 3.8) is 0 Å². The number of aliphatic imine (C=N–C) groups is 1. The maximum atomic E-state index is 12.6. The summed E-state index contributed by atoms with van der Waals surface area (Å²) in [6.07, 6.45) is 0.494. The molecule has 2 aromatic carbocycles. The van der Waals surface area contributed by atoms with Gasteiger partial charge in [-0.3, -0.25) is 24.9 Å². The molecule has 8 nitrogen and oxygen atoms in total. The molecule has 174 valence electrons. The first-order chi connectivity index (χ1) is 15.9. The van der Waals surface area contributed by atoms with Gasteiger partial charge < -0.3 is 10.1 Å². The molecule has 2 heterocycles. The second-order valence-electron chi connectivity index (χ2n) is 8.79. The molecule has 2 N–H and O–H groups in total. The van der Waals surface area contributed by atoms with Crippen LogP contribution in [0.25, 0.3) is 0 Å². The molecule has 2 aliphatic heterocycles. The van der Waals surface area contributed by atoms with Crippen LogP contribution >= 0.6 is 0 Å². The lowest BCUT2D eigenvalue weighted by Crippen LogP contribution is -2.55. The Hall–Kier alpha value is -3.23. The number of ether oxygens (including phenoxy) is 1. The predicted molar refractivity (Wildman–Crippen MR) is 128 cm³/mol. The molecule has 0 unspecified atom stereocenters. The Morgan fingerprint density at radius 3 is 2.36 bits per heavy atom. The minimum Gasteiger partial charge on any atom is -0.373 e. The van der Waals surface area contributed by atoms with Crippen LogP contribution in [-0.2, 0) is 27.4 Å². The number of hydrogen-bond acceptors (Lipinski definition) is 6. The summed E-state index contributed by atoms with van der Waals surface area (Å²) >= 11 is 0. The average Bonchev–Trinajstić information content (AvgIpc) is 2.79. The molecule has 0 aliphatic carbocycles. The summed E-state index contributed by atoms with van der Waals surface area (Å²) in [6, 6.07) is 15.8. The molecule has 1 saturated heterocycles. The number of carbonyl (C=O) groups is 2. The van der Waals surface area contributed by atoms with E-state index in [1.54, 1.807) is 0 Å². The number of nitrogens with one attached hydrogen (secondary N) is 2. The van der Waals surface area contributed by atoms with Gasteiger partial charge in [0.15, 0.2) is 0 Å². The van der Waals surface area contributed by atoms with E-state index in [1.807, 2.05) is 43.3 Å². The summed E-state index contributed by atoms with van der Waals surface area (Å²) in [5.74, 6) is -0.433. The van der Waals surface area contributed by atoms with Gasteiger partial charge in [-0.2, -0.15) is 0 Å². The van der Waals surface area contributed by atoms with Gasteiger partial charge in [0.2, 0.25) is 5.84 Å². The van der Waals surface area contributed by atoms with E-state index in [2.05, 4.69) is 46.6 Å². The number of amidine groups is 1. The van der Waals surface area contributed by atoms with Gasteiger partial charge >= 0.3 is 0 Å². The molecular formula is C25H31N5O3. The van der Waals surface area contributed by atoms with Crippen molar-refractivity contribution in [2.24, 2.45) is 4.99 Å². The molecule has 0 aromatic heterocycles. The van der Waals surface area contributed by atoms with Crippen LogP contribution in [0.15, 0.2) is 53.5 Å². The first-order valence-corrected chi connectivity index (χ1v) is 11.3. The summed E-state index contributed by atoms with van der Waals surface area (Å²) in [4.78, 5) is 31.4. The zero-order valence-corrected chi connectivity index (χ0v) is 19.4. The monoisotopic (exact) mass is 449 g/mol. The topological polar surface area (TPSA) is 86.3 Å². The fourth-order valence-corrected chi connectivity index (χ4v) is 4.15. The first kappa shape index (κ1) is 22.9. The quantitative estimate of drug-likeness (QED) is 0.706. The Morgan fingerprint density at radius 1 is 1.06 bits per heavy atom. The highest BCUT2D eigenvalue weighted by molar-refractivity contribution is 6.39. The van der Waals surface area contributed by atoms with Crippen molar-refractivity contribution in [2.75, 3.05) is 24.6 Å². The van der Waals surface area contributed by atoms with E-state index in [9.17, 15) is 9.59 Å². The average molecular weight is 450 g/mol. The number of hydrogen-bond donors (Lipinski definition) is 2. The van der Waals surface area contributed by atoms with E-state index >= 15 is 0 Å². The number of rotatable bonds is 6. The third-order valence-electron chi connectivity index (χ3n) is 5.72. The summed E-state index contributed by atoms with van der Waals surface area (Å²) in [6.45, 7) is 9.24. The Balaban J connectivity index is 1.30. The molecule has 2 aliphatic rings. The lowest BCUT2D eigenvalue weighted by Gasteiger charge is -2.35. The molecule has 1 fully saturated rings. The second-order valence-corrected chi connectivity index (χ2v) is 8.79. The van der Waals surface area contributed by atoms with Gasteiger partial charge in [0.1, 0.15) is 6.54 Å². The second kappa shape index (κ2) is 10.1. The van der Waals surface area contributed by atoms with Crippen LogP contribution < -0.4 is 15.8 Å². The lowest BCUT2D eigenvalue weighted by atomic mass is 10.1. The summed E-state index contributed by atoms with van der Waals surface area (Å²) in [5.41, 5.74) is 6.84. The van der Waals surface area contributed by atoms with Crippen LogP contribution in [-0.4, -0.2) is 54.4 Å². The maximum absolute atomic E-state index is 12.6. The number of aryl methyl sites for hydroxylation is 1. The number of carbonyl (C=O) groups excluding carboxylic acids is 2. The predicted octanol–water partition coefficient (Wildman–Crippen LogP) is 2.17. The van der Waals surface area contributed by atoms with Crippen molar-refractivity contribution in [1.29, 1.82) is 0 Å². The molecule has 2 atom stereocenters. The zero-order valence-electron chi connectivity index (χ0n) is 19.4. The number of anilines is 1. The van der Waals surface area contributed by atoms with Crippen molar-refractivity contribution in [3.8, 4) is 0 Å².